The number of benzene rings is 1. The van der Waals surface area contributed by atoms with Crippen molar-refractivity contribution >= 4 is 14.3 Å². The normalized spacial score (nSPS) is 17.0. The largest absolute Gasteiger partial charge is 0.497 e. The summed E-state index contributed by atoms with van der Waals surface area (Å²) in [5, 5.41) is 0. The van der Waals surface area contributed by atoms with Crippen molar-refractivity contribution < 1.29 is 23.4 Å². The Bertz CT molecular complexity index is 745. The standard InChI is InChI=1S/C26H42O5Si/c1-18(2)32(19(3)4,20(5)6)31-16-22-11-14-24(26(27)29-8)25(22)17-30-15-21-9-12-23(28-7)13-10-21/h9-10,12-13,18-20,22H,11,14-17H2,1-8H3. The average molecular weight is 463 g/mol. The first-order valence-electron chi connectivity index (χ1n) is 11.8. The maximum Gasteiger partial charge on any atom is 0.333 e. The zero-order valence-corrected chi connectivity index (χ0v) is 22.2. The van der Waals surface area contributed by atoms with Crippen molar-refractivity contribution in [2.45, 2.75) is 77.6 Å². The van der Waals surface area contributed by atoms with Crippen molar-refractivity contribution in [2.75, 3.05) is 27.4 Å². The van der Waals surface area contributed by atoms with Gasteiger partial charge in [0.1, 0.15) is 5.75 Å². The summed E-state index contributed by atoms with van der Waals surface area (Å²) < 4.78 is 23.2. The molecule has 0 bridgehead atoms. The lowest BCUT2D eigenvalue weighted by Gasteiger charge is -2.43. The van der Waals surface area contributed by atoms with Crippen molar-refractivity contribution in [2.24, 2.45) is 5.92 Å². The van der Waals surface area contributed by atoms with E-state index in [-0.39, 0.29) is 11.9 Å². The molecule has 0 amide bonds. The molecule has 1 atom stereocenters. The number of carbonyl (C=O) groups excluding carboxylic acids is 1. The topological polar surface area (TPSA) is 54.0 Å². The van der Waals surface area contributed by atoms with Gasteiger partial charge in [-0.2, -0.15) is 0 Å². The van der Waals surface area contributed by atoms with Crippen LogP contribution in [0.1, 0.15) is 59.9 Å². The van der Waals surface area contributed by atoms with Crippen LogP contribution in [0.4, 0.5) is 0 Å². The lowest BCUT2D eigenvalue weighted by Crippen LogP contribution is -2.48. The Kier molecular flexibility index (Phi) is 9.99. The number of ether oxygens (including phenoxy) is 3. The van der Waals surface area contributed by atoms with Gasteiger partial charge in [0.05, 0.1) is 27.4 Å². The van der Waals surface area contributed by atoms with Crippen LogP contribution in [0.5, 0.6) is 5.75 Å². The Morgan fingerprint density at radius 1 is 0.969 bits per heavy atom. The first kappa shape index (κ1) is 26.6. The molecule has 0 aliphatic heterocycles. The minimum Gasteiger partial charge on any atom is -0.497 e. The van der Waals surface area contributed by atoms with Crippen LogP contribution in [0.15, 0.2) is 35.4 Å². The van der Waals surface area contributed by atoms with Gasteiger partial charge in [-0.25, -0.2) is 4.79 Å². The van der Waals surface area contributed by atoms with E-state index < -0.39 is 8.32 Å². The molecule has 0 heterocycles. The molecule has 32 heavy (non-hydrogen) atoms. The predicted molar refractivity (Wildman–Crippen MR) is 131 cm³/mol. The van der Waals surface area contributed by atoms with E-state index in [4.69, 9.17) is 18.6 Å². The summed E-state index contributed by atoms with van der Waals surface area (Å²) in [4.78, 5) is 12.4. The van der Waals surface area contributed by atoms with Gasteiger partial charge in [-0.15, -0.1) is 0 Å². The van der Waals surface area contributed by atoms with Crippen molar-refractivity contribution in [3.63, 3.8) is 0 Å². The first-order valence-corrected chi connectivity index (χ1v) is 14.0. The van der Waals surface area contributed by atoms with Crippen LogP contribution >= 0.6 is 0 Å². The molecule has 2 rings (SSSR count). The van der Waals surface area contributed by atoms with E-state index in [0.717, 1.165) is 35.3 Å². The van der Waals surface area contributed by atoms with Gasteiger partial charge in [0.15, 0.2) is 8.32 Å². The molecular weight excluding hydrogens is 420 g/mol. The van der Waals surface area contributed by atoms with Crippen LogP contribution in [0.3, 0.4) is 0 Å². The van der Waals surface area contributed by atoms with Crippen molar-refractivity contribution in [3.05, 3.63) is 41.0 Å². The molecule has 6 heteroatoms. The van der Waals surface area contributed by atoms with Gasteiger partial charge in [-0.05, 0) is 52.7 Å². The second-order valence-corrected chi connectivity index (χ2v) is 15.2. The lowest BCUT2D eigenvalue weighted by molar-refractivity contribution is -0.136. The van der Waals surface area contributed by atoms with Gasteiger partial charge < -0.3 is 18.6 Å². The third-order valence-electron chi connectivity index (χ3n) is 6.98. The molecule has 0 aromatic heterocycles. The minimum atomic E-state index is -1.97. The smallest absolute Gasteiger partial charge is 0.333 e. The van der Waals surface area contributed by atoms with Crippen LogP contribution in [-0.4, -0.2) is 41.7 Å². The van der Waals surface area contributed by atoms with Crippen LogP contribution in [0, 0.1) is 5.92 Å². The van der Waals surface area contributed by atoms with E-state index in [1.807, 2.05) is 24.3 Å². The molecule has 0 spiro atoms. The monoisotopic (exact) mass is 462 g/mol. The van der Waals surface area contributed by atoms with Crippen LogP contribution in [-0.2, 0) is 25.3 Å². The average Bonchev–Trinajstić information content (AvgIpc) is 3.16. The Morgan fingerprint density at radius 3 is 2.06 bits per heavy atom. The van der Waals surface area contributed by atoms with Crippen LogP contribution in [0.25, 0.3) is 0 Å². The SMILES string of the molecule is COC(=O)C1=C(COCc2ccc(OC)cc2)C(CO[Si](C(C)C)(C(C)C)C(C)C)CC1. The molecule has 0 saturated heterocycles. The van der Waals surface area contributed by atoms with E-state index >= 15 is 0 Å². The highest BCUT2D eigenvalue weighted by molar-refractivity contribution is 6.77. The third-order valence-corrected chi connectivity index (χ3v) is 13.1. The molecule has 0 radical (unpaired) electrons. The van der Waals surface area contributed by atoms with E-state index in [0.29, 0.717) is 36.4 Å². The quantitative estimate of drug-likeness (QED) is 0.270. The Hall–Kier alpha value is -1.63. The predicted octanol–water partition coefficient (Wildman–Crippen LogP) is 6.28. The number of hydrogen-bond donors (Lipinski definition) is 0. The molecule has 180 valence electrons. The molecule has 1 aromatic rings. The van der Waals surface area contributed by atoms with E-state index in [2.05, 4.69) is 41.5 Å². The maximum atomic E-state index is 12.4. The van der Waals surface area contributed by atoms with E-state index in [9.17, 15) is 4.79 Å². The summed E-state index contributed by atoms with van der Waals surface area (Å²) in [6.45, 7) is 15.4. The third kappa shape index (κ3) is 6.03. The fourth-order valence-corrected chi connectivity index (χ4v) is 10.9. The highest BCUT2D eigenvalue weighted by Gasteiger charge is 2.46. The highest BCUT2D eigenvalue weighted by atomic mass is 28.4. The lowest BCUT2D eigenvalue weighted by atomic mass is 10.0. The number of carbonyl (C=O) groups is 1. The van der Waals surface area contributed by atoms with Gasteiger partial charge in [-0.1, -0.05) is 53.7 Å². The Labute approximate surface area is 195 Å². The molecule has 1 aromatic carbocycles. The minimum absolute atomic E-state index is 0.197. The van der Waals surface area contributed by atoms with Gasteiger partial charge in [0.2, 0.25) is 0 Å². The fraction of sp³-hybridized carbons (Fsp3) is 0.654. The van der Waals surface area contributed by atoms with Gasteiger partial charge >= 0.3 is 5.97 Å². The summed E-state index contributed by atoms with van der Waals surface area (Å²) in [7, 11) is 1.14. The summed E-state index contributed by atoms with van der Waals surface area (Å²) in [5.41, 5.74) is 4.47. The number of esters is 1. The first-order chi connectivity index (χ1) is 15.2. The molecule has 0 N–H and O–H groups in total. The summed E-state index contributed by atoms with van der Waals surface area (Å²) in [6.07, 6.45) is 1.63. The molecule has 1 aliphatic rings. The van der Waals surface area contributed by atoms with Crippen molar-refractivity contribution in [3.8, 4) is 5.75 Å². The van der Waals surface area contributed by atoms with Gasteiger partial charge in [-0.3, -0.25) is 0 Å². The Balaban J connectivity index is 2.13. The zero-order chi connectivity index (χ0) is 23.9. The molecule has 0 saturated carbocycles. The van der Waals surface area contributed by atoms with Gasteiger partial charge in [0, 0.05) is 18.1 Å². The second-order valence-electron chi connectivity index (χ2n) is 9.70. The molecule has 1 unspecified atom stereocenters. The summed E-state index contributed by atoms with van der Waals surface area (Å²) >= 11 is 0. The summed E-state index contributed by atoms with van der Waals surface area (Å²) in [5.74, 6) is 0.782. The molecule has 0 fully saturated rings. The second kappa shape index (κ2) is 12.0. The summed E-state index contributed by atoms with van der Waals surface area (Å²) in [6, 6.07) is 7.85. The number of rotatable bonds is 12. The number of methoxy groups -OCH3 is 2. The van der Waals surface area contributed by atoms with Crippen LogP contribution in [0.2, 0.25) is 16.6 Å². The van der Waals surface area contributed by atoms with Crippen molar-refractivity contribution in [1.29, 1.82) is 0 Å². The molecule has 5 nitrogen and oxygen atoms in total. The van der Waals surface area contributed by atoms with E-state index in [1.165, 1.54) is 7.11 Å². The number of hydrogen-bond acceptors (Lipinski definition) is 5. The van der Waals surface area contributed by atoms with Gasteiger partial charge in [0.25, 0.3) is 0 Å². The van der Waals surface area contributed by atoms with Crippen molar-refractivity contribution in [1.82, 2.24) is 0 Å². The maximum absolute atomic E-state index is 12.4. The van der Waals surface area contributed by atoms with E-state index in [1.54, 1.807) is 7.11 Å². The van der Waals surface area contributed by atoms with Crippen LogP contribution < -0.4 is 4.74 Å². The fourth-order valence-electron chi connectivity index (χ4n) is 5.39. The zero-order valence-electron chi connectivity index (χ0n) is 21.2. The molecular formula is C26H42O5Si. The highest BCUT2D eigenvalue weighted by Crippen LogP contribution is 2.44. The Morgan fingerprint density at radius 2 is 1.56 bits per heavy atom. The molecule has 1 aliphatic carbocycles.